The molecule has 0 saturated heterocycles. The number of anilines is 5. The summed E-state index contributed by atoms with van der Waals surface area (Å²) < 4.78 is 99.8. The minimum atomic E-state index is -5.01. The molecule has 0 radical (unpaired) electrons. The van der Waals surface area contributed by atoms with E-state index in [4.69, 9.17) is 16.2 Å². The number of nitrogens with one attached hydrogen (secondary N) is 3. The van der Waals surface area contributed by atoms with E-state index in [1.807, 2.05) is 0 Å². The Bertz CT molecular complexity index is 2500. The first-order chi connectivity index (χ1) is 22.9. The second-order valence-corrected chi connectivity index (χ2v) is 14.3. The number of hydrogen-bond donors (Lipinski definition) is 6. The molecule has 0 fully saturated rings. The van der Waals surface area contributed by atoms with E-state index in [0.29, 0.717) is 11.4 Å². The molecular formula is C27H21ClN8O10S3. The molecule has 18 nitrogen and oxygen atoms in total. The number of nitrogens with zero attached hydrogens (tertiary/aromatic N) is 5. The molecule has 5 aromatic rings. The highest BCUT2D eigenvalue weighted by Gasteiger charge is 2.23. The van der Waals surface area contributed by atoms with Crippen LogP contribution < -0.4 is 16.0 Å². The van der Waals surface area contributed by atoms with Gasteiger partial charge in [0.05, 0.1) is 10.6 Å². The van der Waals surface area contributed by atoms with Gasteiger partial charge < -0.3 is 16.0 Å². The maximum absolute atomic E-state index is 12.4. The molecule has 0 aliphatic carbocycles. The van der Waals surface area contributed by atoms with Crippen LogP contribution in [0.15, 0.2) is 97.7 Å². The van der Waals surface area contributed by atoms with Crippen molar-refractivity contribution in [2.75, 3.05) is 16.0 Å². The molecule has 0 saturated carbocycles. The number of halogens is 1. The van der Waals surface area contributed by atoms with Gasteiger partial charge in [0.15, 0.2) is 0 Å². The highest BCUT2D eigenvalue weighted by atomic mass is 35.5. The second kappa shape index (κ2) is 13.4. The molecule has 1 amide bonds. The molecule has 254 valence electrons. The Morgan fingerprint density at radius 1 is 0.694 bits per heavy atom. The van der Waals surface area contributed by atoms with Crippen LogP contribution in [0, 0.1) is 0 Å². The van der Waals surface area contributed by atoms with Crippen LogP contribution in [0.3, 0.4) is 0 Å². The maximum Gasteiger partial charge on any atom is 0.297 e. The van der Waals surface area contributed by atoms with Crippen LogP contribution in [0.25, 0.3) is 10.8 Å². The molecule has 0 bridgehead atoms. The van der Waals surface area contributed by atoms with Gasteiger partial charge in [0.2, 0.25) is 23.1 Å². The lowest BCUT2D eigenvalue weighted by Crippen LogP contribution is -2.07. The third-order valence-corrected chi connectivity index (χ3v) is 9.23. The SMILES string of the molecule is CC(=O)Nc1cc(Nc2nc(Cl)nc(Nc3ccc(S(=O)(=O)O)cc3)n2)ccc1N=Nc1ccc2c(S(=O)(=O)O)cccc2c1S(=O)(=O)O. The summed E-state index contributed by atoms with van der Waals surface area (Å²) in [5.41, 5.74) is 0.381. The van der Waals surface area contributed by atoms with E-state index in [9.17, 15) is 39.2 Å². The Morgan fingerprint density at radius 2 is 1.29 bits per heavy atom. The van der Waals surface area contributed by atoms with Crippen molar-refractivity contribution in [3.8, 4) is 0 Å². The first-order valence-corrected chi connectivity index (χ1v) is 18.0. The number of amides is 1. The second-order valence-electron chi connectivity index (χ2n) is 9.83. The Labute approximate surface area is 282 Å². The molecule has 5 rings (SSSR count). The van der Waals surface area contributed by atoms with Crippen molar-refractivity contribution in [2.45, 2.75) is 21.6 Å². The largest absolute Gasteiger partial charge is 0.324 e. The third-order valence-electron chi connectivity index (χ3n) is 6.33. The molecule has 4 aromatic carbocycles. The molecule has 1 aromatic heterocycles. The average molecular weight is 749 g/mol. The number of benzene rings is 4. The van der Waals surface area contributed by atoms with Gasteiger partial charge in [0, 0.05) is 29.1 Å². The van der Waals surface area contributed by atoms with Crippen LogP contribution in [0.1, 0.15) is 6.92 Å². The fourth-order valence-corrected chi connectivity index (χ4v) is 6.57. The minimum Gasteiger partial charge on any atom is -0.324 e. The Balaban J connectivity index is 1.47. The highest BCUT2D eigenvalue weighted by Crippen LogP contribution is 2.37. The average Bonchev–Trinajstić information content (AvgIpc) is 2.98. The predicted octanol–water partition coefficient (Wildman–Crippen LogP) is 5.28. The van der Waals surface area contributed by atoms with Crippen molar-refractivity contribution in [3.05, 3.63) is 78.1 Å². The van der Waals surface area contributed by atoms with E-state index >= 15 is 0 Å². The monoisotopic (exact) mass is 748 g/mol. The van der Waals surface area contributed by atoms with Gasteiger partial charge in [-0.1, -0.05) is 18.2 Å². The van der Waals surface area contributed by atoms with E-state index < -0.39 is 46.1 Å². The Morgan fingerprint density at radius 3 is 1.88 bits per heavy atom. The van der Waals surface area contributed by atoms with Gasteiger partial charge in [-0.2, -0.15) is 40.2 Å². The van der Waals surface area contributed by atoms with E-state index in [1.54, 1.807) is 0 Å². The summed E-state index contributed by atoms with van der Waals surface area (Å²) >= 11 is 6.06. The standard InChI is InChI=1S/C27H21ClN8O10S3/c1-14(37)29-22-13-16(31-27-33-25(28)32-26(34-27)30-15-5-8-17(9-6-15)47(38,39)40)7-11-20(22)35-36-21-12-10-18-19(24(21)49(44,45)46)3-2-4-23(18)48(41,42)43/h2-13H,1H3,(H,29,37)(H,38,39,40)(H,41,42,43)(H,44,45,46)(H2,30,31,32,33,34). The molecule has 0 spiro atoms. The zero-order chi connectivity index (χ0) is 35.7. The zero-order valence-electron chi connectivity index (χ0n) is 24.5. The topological polar surface area (TPSA) is 280 Å². The highest BCUT2D eigenvalue weighted by molar-refractivity contribution is 7.86. The third kappa shape index (κ3) is 8.47. The van der Waals surface area contributed by atoms with Crippen molar-refractivity contribution < 1.29 is 43.7 Å². The number of rotatable bonds is 10. The summed E-state index contributed by atoms with van der Waals surface area (Å²) in [6, 6.07) is 15.0. The summed E-state index contributed by atoms with van der Waals surface area (Å²) in [5, 5.41) is 15.6. The molecule has 0 aliphatic rings. The fraction of sp³-hybridized carbons (Fsp3) is 0.0370. The maximum atomic E-state index is 12.4. The van der Waals surface area contributed by atoms with E-state index in [-0.39, 0.29) is 49.9 Å². The van der Waals surface area contributed by atoms with E-state index in [0.717, 1.165) is 24.3 Å². The summed E-state index contributed by atoms with van der Waals surface area (Å²) in [6.07, 6.45) is 0. The number of hydrogen-bond acceptors (Lipinski definition) is 14. The Hall–Kier alpha value is -5.16. The first kappa shape index (κ1) is 35.2. The van der Waals surface area contributed by atoms with Gasteiger partial charge in [0.25, 0.3) is 30.4 Å². The van der Waals surface area contributed by atoms with Gasteiger partial charge in [-0.25, -0.2) is 0 Å². The summed E-state index contributed by atoms with van der Waals surface area (Å²) in [6.45, 7) is 1.22. The molecule has 0 aliphatic heterocycles. The number of azo groups is 1. The van der Waals surface area contributed by atoms with Gasteiger partial charge in [-0.15, -0.1) is 10.2 Å². The lowest BCUT2D eigenvalue weighted by atomic mass is 10.1. The minimum absolute atomic E-state index is 0.0261. The quantitative estimate of drug-likeness (QED) is 0.0782. The number of fused-ring (bicyclic) bond motifs is 1. The van der Waals surface area contributed by atoms with Gasteiger partial charge in [0.1, 0.15) is 21.2 Å². The van der Waals surface area contributed by atoms with Crippen LogP contribution in [-0.2, 0) is 35.1 Å². The van der Waals surface area contributed by atoms with Crippen molar-refractivity contribution in [2.24, 2.45) is 10.2 Å². The van der Waals surface area contributed by atoms with Crippen molar-refractivity contribution in [1.29, 1.82) is 0 Å². The fourth-order valence-electron chi connectivity index (χ4n) is 4.39. The number of carbonyl (C=O) groups is 1. The van der Waals surface area contributed by atoms with Crippen molar-refractivity contribution in [1.82, 2.24) is 15.0 Å². The molecule has 0 unspecified atom stereocenters. The van der Waals surface area contributed by atoms with E-state index in [1.165, 1.54) is 55.5 Å². The molecule has 22 heteroatoms. The van der Waals surface area contributed by atoms with E-state index in [2.05, 4.69) is 41.1 Å². The van der Waals surface area contributed by atoms with Crippen molar-refractivity contribution >= 4 is 99.0 Å². The normalized spacial score (nSPS) is 12.3. The first-order valence-electron chi connectivity index (χ1n) is 13.3. The van der Waals surface area contributed by atoms with Crippen molar-refractivity contribution in [3.63, 3.8) is 0 Å². The summed E-state index contributed by atoms with van der Waals surface area (Å²) in [5.74, 6) is -0.604. The molecule has 49 heavy (non-hydrogen) atoms. The summed E-state index contributed by atoms with van der Waals surface area (Å²) in [4.78, 5) is 22.5. The van der Waals surface area contributed by atoms with Gasteiger partial charge in [-0.05, 0) is 66.2 Å². The van der Waals surface area contributed by atoms with Crippen LogP contribution in [0.2, 0.25) is 5.28 Å². The van der Waals surface area contributed by atoms with Crippen LogP contribution in [-0.4, -0.2) is 59.8 Å². The number of aromatic nitrogens is 3. The van der Waals surface area contributed by atoms with Crippen LogP contribution >= 0.6 is 11.6 Å². The summed E-state index contributed by atoms with van der Waals surface area (Å²) in [7, 11) is -14.2. The van der Waals surface area contributed by atoms with Crippen LogP contribution in [0.5, 0.6) is 0 Å². The lowest BCUT2D eigenvalue weighted by Gasteiger charge is -2.12. The molecular weight excluding hydrogens is 728 g/mol. The predicted molar refractivity (Wildman–Crippen MR) is 176 cm³/mol. The molecule has 1 heterocycles. The number of carbonyl (C=O) groups excluding carboxylic acids is 1. The Kier molecular flexibility index (Phi) is 9.61. The van der Waals surface area contributed by atoms with Crippen LogP contribution in [0.4, 0.5) is 40.3 Å². The lowest BCUT2D eigenvalue weighted by molar-refractivity contribution is -0.114. The smallest absolute Gasteiger partial charge is 0.297 e. The zero-order valence-corrected chi connectivity index (χ0v) is 27.7. The van der Waals surface area contributed by atoms with Gasteiger partial charge in [-0.3, -0.25) is 18.5 Å². The van der Waals surface area contributed by atoms with Gasteiger partial charge >= 0.3 is 0 Å². The molecule has 6 N–H and O–H groups in total. The molecule has 0 atom stereocenters.